The minimum Gasteiger partial charge on any atom is -0.356 e. The van der Waals surface area contributed by atoms with Crippen LogP contribution < -0.4 is 4.90 Å². The van der Waals surface area contributed by atoms with Gasteiger partial charge in [-0.05, 0) is 28.1 Å². The topological polar surface area (TPSA) is 78.0 Å². The van der Waals surface area contributed by atoms with Gasteiger partial charge in [-0.1, -0.05) is 0 Å². The van der Waals surface area contributed by atoms with Crippen molar-refractivity contribution in [2.45, 2.75) is 0 Å². The van der Waals surface area contributed by atoms with Gasteiger partial charge in [0.05, 0.1) is 0 Å². The van der Waals surface area contributed by atoms with E-state index in [9.17, 15) is 4.79 Å². The second-order valence-corrected chi connectivity index (χ2v) is 6.72. The van der Waals surface area contributed by atoms with Gasteiger partial charge in [-0.3, -0.25) is 9.89 Å². The van der Waals surface area contributed by atoms with Crippen molar-refractivity contribution in [3.05, 3.63) is 35.0 Å². The van der Waals surface area contributed by atoms with E-state index in [1.165, 1.54) is 6.33 Å². The number of H-pyrrole nitrogens is 1. The highest BCUT2D eigenvalue weighted by atomic mass is 79.9. The molecule has 0 bridgehead atoms. The molecule has 2 unspecified atom stereocenters. The van der Waals surface area contributed by atoms with Gasteiger partial charge in [0, 0.05) is 48.7 Å². The smallest absolute Gasteiger partial charge is 0.291 e. The number of anilines is 1. The Morgan fingerprint density at radius 2 is 1.95 bits per heavy atom. The first-order valence-electron chi connectivity index (χ1n) is 7.22. The molecule has 2 saturated heterocycles. The summed E-state index contributed by atoms with van der Waals surface area (Å²) < 4.78 is 0.986. The molecule has 1 amide bonds. The van der Waals surface area contributed by atoms with Gasteiger partial charge in [0.15, 0.2) is 0 Å². The summed E-state index contributed by atoms with van der Waals surface area (Å²) in [7, 11) is 0. The molecule has 4 heterocycles. The third-order valence-corrected chi connectivity index (χ3v) is 4.90. The molecule has 4 rings (SSSR count). The zero-order valence-corrected chi connectivity index (χ0v) is 13.4. The number of carbonyl (C=O) groups excluding carboxylic acids is 1. The van der Waals surface area contributed by atoms with E-state index >= 15 is 0 Å². The van der Waals surface area contributed by atoms with E-state index in [4.69, 9.17) is 0 Å². The molecule has 0 aliphatic carbocycles. The fourth-order valence-electron chi connectivity index (χ4n) is 3.36. The average molecular weight is 363 g/mol. The molecule has 2 aromatic rings. The van der Waals surface area contributed by atoms with Crippen LogP contribution in [0.4, 0.5) is 5.82 Å². The summed E-state index contributed by atoms with van der Waals surface area (Å²) in [5, 5.41) is 6.38. The molecule has 114 valence electrons. The number of amides is 1. The molecular formula is C14H15BrN6O. The zero-order chi connectivity index (χ0) is 15.1. The van der Waals surface area contributed by atoms with E-state index in [2.05, 4.69) is 41.0 Å². The van der Waals surface area contributed by atoms with Gasteiger partial charge in [0.25, 0.3) is 5.91 Å². The van der Waals surface area contributed by atoms with Crippen LogP contribution in [0.3, 0.4) is 0 Å². The van der Waals surface area contributed by atoms with Crippen LogP contribution in [-0.4, -0.2) is 57.2 Å². The number of rotatable bonds is 2. The molecule has 0 aromatic carbocycles. The van der Waals surface area contributed by atoms with Crippen molar-refractivity contribution < 1.29 is 4.79 Å². The molecule has 2 aliphatic heterocycles. The monoisotopic (exact) mass is 362 g/mol. The maximum atomic E-state index is 12.3. The normalized spacial score (nSPS) is 23.9. The van der Waals surface area contributed by atoms with E-state index < -0.39 is 0 Å². The van der Waals surface area contributed by atoms with Crippen molar-refractivity contribution in [1.29, 1.82) is 0 Å². The first-order chi connectivity index (χ1) is 10.7. The van der Waals surface area contributed by atoms with Crippen LogP contribution in [0.25, 0.3) is 0 Å². The van der Waals surface area contributed by atoms with Crippen molar-refractivity contribution in [2.24, 2.45) is 11.8 Å². The molecular weight excluding hydrogens is 348 g/mol. The molecule has 0 saturated carbocycles. The standard InChI is InChI=1S/C14H15BrN6O/c15-11-1-2-12(16-3-11)20-4-9-6-21(7-10(9)5-20)14(22)13-17-8-18-19-13/h1-3,8-10H,4-7H2,(H,17,18,19). The highest BCUT2D eigenvalue weighted by Gasteiger charge is 2.42. The minimum absolute atomic E-state index is 0.0554. The molecule has 2 aromatic heterocycles. The molecule has 22 heavy (non-hydrogen) atoms. The van der Waals surface area contributed by atoms with Crippen molar-refractivity contribution in [3.8, 4) is 0 Å². The lowest BCUT2D eigenvalue weighted by Crippen LogP contribution is -2.34. The van der Waals surface area contributed by atoms with Crippen LogP contribution in [0.2, 0.25) is 0 Å². The number of aromatic amines is 1. The lowest BCUT2D eigenvalue weighted by atomic mass is 10.0. The number of hydrogen-bond donors (Lipinski definition) is 1. The second kappa shape index (κ2) is 5.35. The quantitative estimate of drug-likeness (QED) is 0.867. The van der Waals surface area contributed by atoms with Gasteiger partial charge in [0.1, 0.15) is 12.1 Å². The summed E-state index contributed by atoms with van der Waals surface area (Å²) in [5.41, 5.74) is 0. The zero-order valence-electron chi connectivity index (χ0n) is 11.8. The Morgan fingerprint density at radius 1 is 1.18 bits per heavy atom. The number of halogens is 1. The lowest BCUT2D eigenvalue weighted by molar-refractivity contribution is 0.0771. The molecule has 8 heteroatoms. The highest BCUT2D eigenvalue weighted by molar-refractivity contribution is 9.10. The Labute approximate surface area is 135 Å². The average Bonchev–Trinajstić information content (AvgIpc) is 3.23. The Morgan fingerprint density at radius 3 is 2.55 bits per heavy atom. The van der Waals surface area contributed by atoms with Gasteiger partial charge >= 0.3 is 0 Å². The number of aromatic nitrogens is 4. The lowest BCUT2D eigenvalue weighted by Gasteiger charge is -2.21. The first-order valence-corrected chi connectivity index (χ1v) is 8.01. The Balaban J connectivity index is 1.42. The van der Waals surface area contributed by atoms with E-state index in [-0.39, 0.29) is 5.91 Å². The Bertz CT molecular complexity index is 659. The van der Waals surface area contributed by atoms with Crippen LogP contribution in [0, 0.1) is 11.8 Å². The van der Waals surface area contributed by atoms with Crippen molar-refractivity contribution in [1.82, 2.24) is 25.1 Å². The van der Waals surface area contributed by atoms with E-state index in [0.29, 0.717) is 17.7 Å². The van der Waals surface area contributed by atoms with E-state index in [0.717, 1.165) is 36.5 Å². The van der Waals surface area contributed by atoms with Crippen LogP contribution in [0.15, 0.2) is 29.1 Å². The van der Waals surface area contributed by atoms with Crippen molar-refractivity contribution >= 4 is 27.7 Å². The molecule has 0 spiro atoms. The highest BCUT2D eigenvalue weighted by Crippen LogP contribution is 2.33. The summed E-state index contributed by atoms with van der Waals surface area (Å²) in [4.78, 5) is 24.9. The minimum atomic E-state index is -0.0554. The number of carbonyl (C=O) groups is 1. The van der Waals surface area contributed by atoms with Crippen LogP contribution in [-0.2, 0) is 0 Å². The SMILES string of the molecule is O=C(c1ncn[nH]1)N1CC2CN(c3ccc(Br)cn3)CC2C1. The summed E-state index contributed by atoms with van der Waals surface area (Å²) in [6.45, 7) is 3.44. The number of nitrogens with zero attached hydrogens (tertiary/aromatic N) is 5. The van der Waals surface area contributed by atoms with Crippen LogP contribution in [0.5, 0.6) is 0 Å². The summed E-state index contributed by atoms with van der Waals surface area (Å²) in [6, 6.07) is 4.04. The van der Waals surface area contributed by atoms with Crippen LogP contribution in [0.1, 0.15) is 10.6 Å². The van der Waals surface area contributed by atoms with Gasteiger partial charge in [-0.2, -0.15) is 5.10 Å². The third-order valence-electron chi connectivity index (χ3n) is 4.43. The fraction of sp³-hybridized carbons (Fsp3) is 0.429. The number of hydrogen-bond acceptors (Lipinski definition) is 5. The fourth-order valence-corrected chi connectivity index (χ4v) is 3.59. The molecule has 2 atom stereocenters. The maximum absolute atomic E-state index is 12.3. The number of nitrogens with one attached hydrogen (secondary N) is 1. The molecule has 7 nitrogen and oxygen atoms in total. The first kappa shape index (κ1) is 13.7. The maximum Gasteiger partial charge on any atom is 0.291 e. The molecule has 0 radical (unpaired) electrons. The predicted molar refractivity (Wildman–Crippen MR) is 83.4 cm³/mol. The van der Waals surface area contributed by atoms with Gasteiger partial charge in [0.2, 0.25) is 5.82 Å². The third kappa shape index (κ3) is 2.37. The Hall–Kier alpha value is -1.96. The second-order valence-electron chi connectivity index (χ2n) is 5.80. The van der Waals surface area contributed by atoms with E-state index in [1.54, 1.807) is 0 Å². The van der Waals surface area contributed by atoms with Gasteiger partial charge in [-0.15, -0.1) is 0 Å². The van der Waals surface area contributed by atoms with Crippen molar-refractivity contribution in [2.75, 3.05) is 31.1 Å². The van der Waals surface area contributed by atoms with Gasteiger partial charge in [-0.25, -0.2) is 9.97 Å². The summed E-state index contributed by atoms with van der Waals surface area (Å²) in [6.07, 6.45) is 3.19. The van der Waals surface area contributed by atoms with Crippen molar-refractivity contribution in [3.63, 3.8) is 0 Å². The summed E-state index contributed by atoms with van der Waals surface area (Å²) >= 11 is 3.41. The predicted octanol–water partition coefficient (Wildman–Crippen LogP) is 1.17. The van der Waals surface area contributed by atoms with Gasteiger partial charge < -0.3 is 9.80 Å². The van der Waals surface area contributed by atoms with E-state index in [1.807, 2.05) is 23.2 Å². The number of pyridine rings is 1. The molecule has 1 N–H and O–H groups in total. The molecule has 2 fully saturated rings. The largest absolute Gasteiger partial charge is 0.356 e. The number of fused-ring (bicyclic) bond motifs is 1. The molecule has 2 aliphatic rings. The number of likely N-dealkylation sites (tertiary alicyclic amines) is 1. The summed E-state index contributed by atoms with van der Waals surface area (Å²) in [5.74, 6) is 2.27. The Kier molecular flexibility index (Phi) is 3.33. The van der Waals surface area contributed by atoms with Crippen LogP contribution >= 0.6 is 15.9 Å².